The van der Waals surface area contributed by atoms with E-state index >= 15 is 0 Å². The van der Waals surface area contributed by atoms with Crippen molar-refractivity contribution in [1.29, 1.82) is 0 Å². The second-order valence-corrected chi connectivity index (χ2v) is 7.51. The molecule has 2 aromatic rings. The zero-order valence-corrected chi connectivity index (χ0v) is 16.2. The van der Waals surface area contributed by atoms with Crippen molar-refractivity contribution in [2.75, 3.05) is 0 Å². The summed E-state index contributed by atoms with van der Waals surface area (Å²) in [4.78, 5) is 36.6. The van der Waals surface area contributed by atoms with Crippen LogP contribution in [-0.2, 0) is 0 Å². The van der Waals surface area contributed by atoms with Crippen molar-refractivity contribution in [3.05, 3.63) is 70.3 Å². The van der Waals surface area contributed by atoms with E-state index in [9.17, 15) is 14.4 Å². The van der Waals surface area contributed by atoms with E-state index in [0.29, 0.717) is 5.56 Å². The first kappa shape index (κ1) is 20.2. The zero-order chi connectivity index (χ0) is 20.4. The Kier molecular flexibility index (Phi) is 5.69. The number of carboxylic acids is 1. The first-order chi connectivity index (χ1) is 12.5. The predicted octanol–water partition coefficient (Wildman–Crippen LogP) is 3.59. The molecule has 0 unspecified atom stereocenters. The highest BCUT2D eigenvalue weighted by Gasteiger charge is 2.29. The number of hydrogen-bond acceptors (Lipinski definition) is 3. The fourth-order valence-electron chi connectivity index (χ4n) is 2.68. The van der Waals surface area contributed by atoms with Gasteiger partial charge in [-0.25, -0.2) is 9.80 Å². The minimum Gasteiger partial charge on any atom is -0.478 e. The second-order valence-electron chi connectivity index (χ2n) is 7.51. The van der Waals surface area contributed by atoms with Crippen LogP contribution in [-0.4, -0.2) is 33.4 Å². The Balaban J connectivity index is 2.30. The van der Waals surface area contributed by atoms with Gasteiger partial charge in [-0.15, -0.1) is 0 Å². The molecule has 0 spiro atoms. The van der Waals surface area contributed by atoms with Crippen molar-refractivity contribution >= 4 is 17.8 Å². The Hall–Kier alpha value is -3.15. The number of hydrogen-bond donors (Lipinski definition) is 2. The molecular weight excluding hydrogens is 344 g/mol. The summed E-state index contributed by atoms with van der Waals surface area (Å²) in [6.45, 7) is 9.28. The molecule has 0 fully saturated rings. The normalized spacial score (nSPS) is 11.0. The average Bonchev–Trinajstić information content (AvgIpc) is 2.57. The number of carbonyl (C=O) groups is 3. The number of benzene rings is 2. The van der Waals surface area contributed by atoms with Crippen molar-refractivity contribution in [2.24, 2.45) is 0 Å². The Bertz CT molecular complexity index is 860. The van der Waals surface area contributed by atoms with Crippen LogP contribution in [0.4, 0.5) is 0 Å². The van der Waals surface area contributed by atoms with Gasteiger partial charge in [0.05, 0.1) is 11.1 Å². The molecule has 6 nitrogen and oxygen atoms in total. The Morgan fingerprint density at radius 3 is 1.78 bits per heavy atom. The lowest BCUT2D eigenvalue weighted by atomic mass is 10.0. The standard InChI is InChI=1S/C21H24N2O4/c1-13-10-14(2)12-17(11-13)19(25)23(21(3,4)5)22-18(24)15-6-8-16(9-7-15)20(26)27/h6-12H,1-5H3,(H,22,24)(H,26,27). The summed E-state index contributed by atoms with van der Waals surface area (Å²) in [6, 6.07) is 11.1. The predicted molar refractivity (Wildman–Crippen MR) is 103 cm³/mol. The lowest BCUT2D eigenvalue weighted by molar-refractivity contribution is 0.0358. The van der Waals surface area contributed by atoms with Crippen molar-refractivity contribution in [3.63, 3.8) is 0 Å². The molecule has 0 aliphatic carbocycles. The van der Waals surface area contributed by atoms with E-state index in [1.807, 2.05) is 40.7 Å². The molecule has 27 heavy (non-hydrogen) atoms. The topological polar surface area (TPSA) is 86.7 Å². The number of carboxylic acid groups (broad SMARTS) is 1. The smallest absolute Gasteiger partial charge is 0.335 e. The average molecular weight is 368 g/mol. The van der Waals surface area contributed by atoms with E-state index in [1.165, 1.54) is 29.3 Å². The molecule has 2 aromatic carbocycles. The molecule has 0 atom stereocenters. The van der Waals surface area contributed by atoms with E-state index in [0.717, 1.165) is 11.1 Å². The number of aryl methyl sites for hydroxylation is 2. The minimum atomic E-state index is -1.07. The SMILES string of the molecule is Cc1cc(C)cc(C(=O)N(NC(=O)c2ccc(C(=O)O)cc2)C(C)(C)C)c1. The van der Waals surface area contributed by atoms with Gasteiger partial charge in [-0.1, -0.05) is 17.2 Å². The van der Waals surface area contributed by atoms with Gasteiger partial charge in [-0.05, 0) is 71.0 Å². The van der Waals surface area contributed by atoms with Crippen molar-refractivity contribution in [1.82, 2.24) is 10.4 Å². The third-order valence-electron chi connectivity index (χ3n) is 3.95. The van der Waals surface area contributed by atoms with Crippen molar-refractivity contribution in [2.45, 2.75) is 40.2 Å². The summed E-state index contributed by atoms with van der Waals surface area (Å²) in [6.07, 6.45) is 0. The first-order valence-corrected chi connectivity index (χ1v) is 8.56. The molecule has 6 heteroatoms. The van der Waals surface area contributed by atoms with Crippen LogP contribution in [0.5, 0.6) is 0 Å². The number of rotatable bonds is 3. The van der Waals surface area contributed by atoms with E-state index in [2.05, 4.69) is 5.43 Å². The number of amides is 2. The quantitative estimate of drug-likeness (QED) is 0.811. The molecule has 0 heterocycles. The van der Waals surface area contributed by atoms with E-state index in [1.54, 1.807) is 12.1 Å². The molecule has 0 aliphatic heterocycles. The Morgan fingerprint density at radius 1 is 0.852 bits per heavy atom. The van der Waals surface area contributed by atoms with Gasteiger partial charge in [0.2, 0.25) is 0 Å². The fraction of sp³-hybridized carbons (Fsp3) is 0.286. The van der Waals surface area contributed by atoms with Crippen LogP contribution >= 0.6 is 0 Å². The van der Waals surface area contributed by atoms with Gasteiger partial charge in [-0.3, -0.25) is 15.0 Å². The number of nitrogens with zero attached hydrogens (tertiary/aromatic N) is 1. The second kappa shape index (κ2) is 7.61. The molecule has 2 amide bonds. The number of aromatic carboxylic acids is 1. The number of hydrazine groups is 1. The van der Waals surface area contributed by atoms with Crippen LogP contribution in [0.2, 0.25) is 0 Å². The third kappa shape index (κ3) is 4.94. The van der Waals surface area contributed by atoms with Crippen LogP contribution in [0, 0.1) is 13.8 Å². The van der Waals surface area contributed by atoms with Crippen LogP contribution in [0.1, 0.15) is 63.0 Å². The zero-order valence-electron chi connectivity index (χ0n) is 16.2. The van der Waals surface area contributed by atoms with Gasteiger partial charge in [0, 0.05) is 11.1 Å². The van der Waals surface area contributed by atoms with Crippen LogP contribution in [0.25, 0.3) is 0 Å². The lowest BCUT2D eigenvalue weighted by Crippen LogP contribution is -2.55. The highest BCUT2D eigenvalue weighted by molar-refractivity contribution is 6.00. The monoisotopic (exact) mass is 368 g/mol. The maximum absolute atomic E-state index is 13.0. The number of nitrogens with one attached hydrogen (secondary N) is 1. The number of carbonyl (C=O) groups excluding carboxylic acids is 2. The maximum Gasteiger partial charge on any atom is 0.335 e. The van der Waals surface area contributed by atoms with E-state index < -0.39 is 17.4 Å². The minimum absolute atomic E-state index is 0.0885. The molecular formula is C21H24N2O4. The largest absolute Gasteiger partial charge is 0.478 e. The summed E-state index contributed by atoms with van der Waals surface area (Å²) in [5, 5.41) is 10.3. The van der Waals surface area contributed by atoms with Gasteiger partial charge >= 0.3 is 5.97 Å². The molecule has 0 saturated heterocycles. The van der Waals surface area contributed by atoms with Crippen LogP contribution in [0.3, 0.4) is 0 Å². The maximum atomic E-state index is 13.0. The molecule has 2 N–H and O–H groups in total. The molecule has 0 aromatic heterocycles. The highest BCUT2D eigenvalue weighted by Crippen LogP contribution is 2.18. The van der Waals surface area contributed by atoms with Gasteiger partial charge < -0.3 is 5.11 Å². The third-order valence-corrected chi connectivity index (χ3v) is 3.95. The molecule has 0 aliphatic rings. The van der Waals surface area contributed by atoms with E-state index in [4.69, 9.17) is 5.11 Å². The molecule has 0 bridgehead atoms. The van der Waals surface area contributed by atoms with Gasteiger partial charge in [0.15, 0.2) is 0 Å². The lowest BCUT2D eigenvalue weighted by Gasteiger charge is -2.35. The Morgan fingerprint density at radius 2 is 1.33 bits per heavy atom. The Labute approximate surface area is 158 Å². The van der Waals surface area contributed by atoms with Gasteiger partial charge in [-0.2, -0.15) is 0 Å². The fourth-order valence-corrected chi connectivity index (χ4v) is 2.68. The first-order valence-electron chi connectivity index (χ1n) is 8.56. The summed E-state index contributed by atoms with van der Waals surface area (Å²) < 4.78 is 0. The summed E-state index contributed by atoms with van der Waals surface area (Å²) in [5.74, 6) is -1.87. The summed E-state index contributed by atoms with van der Waals surface area (Å²) in [7, 11) is 0. The summed E-state index contributed by atoms with van der Waals surface area (Å²) >= 11 is 0. The molecule has 142 valence electrons. The van der Waals surface area contributed by atoms with Crippen LogP contribution < -0.4 is 5.43 Å². The van der Waals surface area contributed by atoms with E-state index in [-0.39, 0.29) is 17.0 Å². The summed E-state index contributed by atoms with van der Waals surface area (Å²) in [5.41, 5.74) is 4.76. The highest BCUT2D eigenvalue weighted by atomic mass is 16.4. The van der Waals surface area contributed by atoms with Gasteiger partial charge in [0.1, 0.15) is 0 Å². The van der Waals surface area contributed by atoms with Crippen molar-refractivity contribution in [3.8, 4) is 0 Å². The van der Waals surface area contributed by atoms with Crippen molar-refractivity contribution < 1.29 is 19.5 Å². The van der Waals surface area contributed by atoms with Crippen LogP contribution in [0.15, 0.2) is 42.5 Å². The molecule has 0 radical (unpaired) electrons. The molecule has 0 saturated carbocycles. The van der Waals surface area contributed by atoms with Gasteiger partial charge in [0.25, 0.3) is 11.8 Å². The molecule has 2 rings (SSSR count).